The van der Waals surface area contributed by atoms with Crippen LogP contribution in [0, 0.1) is 16.7 Å². The third kappa shape index (κ3) is 3.29. The summed E-state index contributed by atoms with van der Waals surface area (Å²) in [7, 11) is 0.0257. The zero-order chi connectivity index (χ0) is 17.3. The van der Waals surface area contributed by atoms with Crippen molar-refractivity contribution in [1.29, 1.82) is 5.26 Å². The topological polar surface area (TPSA) is 39.9 Å². The Bertz CT molecular complexity index is 785. The molecule has 1 aromatic carbocycles. The van der Waals surface area contributed by atoms with Gasteiger partial charge in [-0.3, -0.25) is 0 Å². The van der Waals surface area contributed by atoms with E-state index in [9.17, 15) is 5.26 Å². The summed E-state index contributed by atoms with van der Waals surface area (Å²) in [4.78, 5) is 7.07. The molecule has 0 aliphatic carbocycles. The fraction of sp³-hybridized carbons (Fsp3) is 0.429. The highest BCUT2D eigenvalue weighted by Gasteiger charge is 2.47. The molecule has 2 aromatic rings. The van der Waals surface area contributed by atoms with Gasteiger partial charge in [0.25, 0.3) is 0 Å². The molecule has 4 rings (SSSR count). The number of anilines is 1. The second kappa shape index (κ2) is 6.77. The molecule has 2 saturated heterocycles. The van der Waals surface area contributed by atoms with Crippen molar-refractivity contribution in [1.82, 2.24) is 4.98 Å². The Hall–Kier alpha value is -1.91. The largest absolute Gasteiger partial charge is 0.353 e. The van der Waals surface area contributed by atoms with Gasteiger partial charge in [0.15, 0.2) is 0 Å². The Kier molecular flexibility index (Phi) is 4.48. The van der Waals surface area contributed by atoms with Crippen LogP contribution in [-0.2, 0) is 6.16 Å². The molecule has 3 atom stereocenters. The van der Waals surface area contributed by atoms with Crippen molar-refractivity contribution in [3.63, 3.8) is 0 Å². The summed E-state index contributed by atoms with van der Waals surface area (Å²) >= 11 is 0. The van der Waals surface area contributed by atoms with E-state index in [4.69, 9.17) is 0 Å². The van der Waals surface area contributed by atoms with Gasteiger partial charge in [0, 0.05) is 18.8 Å². The lowest BCUT2D eigenvalue weighted by atomic mass is 9.80. The molecule has 3 nitrogen and oxygen atoms in total. The number of fused-ring (bicyclic) bond motifs is 1. The summed E-state index contributed by atoms with van der Waals surface area (Å²) in [5, 5.41) is 9.20. The number of pyridine rings is 1. The van der Waals surface area contributed by atoms with Crippen molar-refractivity contribution < 1.29 is 0 Å². The molecule has 4 heteroatoms. The van der Waals surface area contributed by atoms with Crippen LogP contribution < -0.4 is 4.90 Å². The van der Waals surface area contributed by atoms with Gasteiger partial charge < -0.3 is 4.90 Å². The van der Waals surface area contributed by atoms with E-state index in [1.807, 2.05) is 6.07 Å². The van der Waals surface area contributed by atoms with Crippen molar-refractivity contribution in [3.8, 4) is 6.07 Å². The second-order valence-electron chi connectivity index (χ2n) is 7.60. The smallest absolute Gasteiger partial charge is 0.130 e. The lowest BCUT2D eigenvalue weighted by Crippen LogP contribution is -2.44. The van der Waals surface area contributed by atoms with Crippen LogP contribution in [0.25, 0.3) is 0 Å². The first kappa shape index (κ1) is 16.6. The Balaban J connectivity index is 1.55. The molecule has 0 spiro atoms. The highest BCUT2D eigenvalue weighted by molar-refractivity contribution is 7.57. The summed E-state index contributed by atoms with van der Waals surface area (Å²) in [6, 6.07) is 17.5. The van der Waals surface area contributed by atoms with Gasteiger partial charge in [-0.15, -0.1) is 7.92 Å². The maximum atomic E-state index is 9.20. The standard InChI is InChI=1S/C21H24N3P/c1-21-8-11-24(20-13-18(14-22)7-10-23-20)19(21)16-25(12-9-21)15-17-5-3-2-4-6-17/h2-7,10,13,19H,8-9,11-12,15-16H2,1H3. The summed E-state index contributed by atoms with van der Waals surface area (Å²) in [6.07, 6.45) is 8.26. The SMILES string of the molecule is CC12CCN(c3cc(C#N)ccn3)C1CP(Cc1ccccc1)CC2. The molecule has 128 valence electrons. The molecular weight excluding hydrogens is 325 g/mol. The minimum Gasteiger partial charge on any atom is -0.353 e. The monoisotopic (exact) mass is 349 g/mol. The number of hydrogen-bond donors (Lipinski definition) is 0. The van der Waals surface area contributed by atoms with Crippen molar-refractivity contribution >= 4 is 13.7 Å². The van der Waals surface area contributed by atoms with Crippen molar-refractivity contribution in [2.75, 3.05) is 23.8 Å². The van der Waals surface area contributed by atoms with E-state index in [1.165, 1.54) is 36.9 Å². The number of benzene rings is 1. The first-order chi connectivity index (χ1) is 12.2. The molecule has 0 radical (unpaired) electrons. The zero-order valence-corrected chi connectivity index (χ0v) is 15.6. The predicted molar refractivity (Wildman–Crippen MR) is 104 cm³/mol. The van der Waals surface area contributed by atoms with Crippen LogP contribution in [0.3, 0.4) is 0 Å². The van der Waals surface area contributed by atoms with Crippen LogP contribution in [-0.4, -0.2) is 29.9 Å². The van der Waals surface area contributed by atoms with Gasteiger partial charge >= 0.3 is 0 Å². The van der Waals surface area contributed by atoms with Crippen LogP contribution in [0.1, 0.15) is 30.9 Å². The predicted octanol–water partition coefficient (Wildman–Crippen LogP) is 4.62. The normalized spacial score (nSPS) is 28.4. The van der Waals surface area contributed by atoms with E-state index in [2.05, 4.69) is 53.2 Å². The zero-order valence-electron chi connectivity index (χ0n) is 14.7. The first-order valence-corrected chi connectivity index (χ1v) is 11.0. The van der Waals surface area contributed by atoms with Gasteiger partial charge in [-0.2, -0.15) is 5.26 Å². The molecule has 0 bridgehead atoms. The molecule has 0 saturated carbocycles. The fourth-order valence-electron chi connectivity index (χ4n) is 4.34. The van der Waals surface area contributed by atoms with Gasteiger partial charge in [0.05, 0.1) is 11.6 Å². The summed E-state index contributed by atoms with van der Waals surface area (Å²) in [6.45, 7) is 3.53. The fourth-order valence-corrected chi connectivity index (χ4v) is 7.49. The Morgan fingerprint density at radius 1 is 1.28 bits per heavy atom. The van der Waals surface area contributed by atoms with Gasteiger partial charge in [-0.05, 0) is 54.4 Å². The van der Waals surface area contributed by atoms with E-state index in [0.29, 0.717) is 17.0 Å². The second-order valence-corrected chi connectivity index (χ2v) is 10.1. The third-order valence-electron chi connectivity index (χ3n) is 5.95. The van der Waals surface area contributed by atoms with Gasteiger partial charge in [0.2, 0.25) is 0 Å². The number of nitrogens with zero attached hydrogens (tertiary/aromatic N) is 3. The van der Waals surface area contributed by atoms with E-state index < -0.39 is 0 Å². The number of hydrogen-bond acceptors (Lipinski definition) is 3. The Morgan fingerprint density at radius 3 is 2.92 bits per heavy atom. The van der Waals surface area contributed by atoms with Crippen LogP contribution in [0.5, 0.6) is 0 Å². The highest BCUT2D eigenvalue weighted by Crippen LogP contribution is 2.55. The number of aromatic nitrogens is 1. The highest BCUT2D eigenvalue weighted by atomic mass is 31.1. The Morgan fingerprint density at radius 2 is 2.12 bits per heavy atom. The molecule has 3 unspecified atom stereocenters. The number of rotatable bonds is 3. The summed E-state index contributed by atoms with van der Waals surface area (Å²) < 4.78 is 0. The third-order valence-corrected chi connectivity index (χ3v) is 8.48. The minimum atomic E-state index is 0.0257. The van der Waals surface area contributed by atoms with Crippen LogP contribution >= 0.6 is 7.92 Å². The van der Waals surface area contributed by atoms with Gasteiger partial charge in [-0.1, -0.05) is 37.3 Å². The maximum Gasteiger partial charge on any atom is 0.130 e. The molecular formula is C21H24N3P. The van der Waals surface area contributed by atoms with Crippen LogP contribution in [0.2, 0.25) is 0 Å². The maximum absolute atomic E-state index is 9.20. The van der Waals surface area contributed by atoms with E-state index >= 15 is 0 Å². The van der Waals surface area contributed by atoms with E-state index in [0.717, 1.165) is 12.4 Å². The lowest BCUT2D eigenvalue weighted by molar-refractivity contribution is 0.288. The average Bonchev–Trinajstić information content (AvgIpc) is 3.00. The molecule has 2 fully saturated rings. The quantitative estimate of drug-likeness (QED) is 0.759. The van der Waals surface area contributed by atoms with Crippen molar-refractivity contribution in [2.24, 2.45) is 5.41 Å². The minimum absolute atomic E-state index is 0.0257. The molecule has 2 aliphatic rings. The van der Waals surface area contributed by atoms with Crippen molar-refractivity contribution in [2.45, 2.75) is 32.0 Å². The molecule has 0 amide bonds. The molecule has 0 N–H and O–H groups in total. The summed E-state index contributed by atoms with van der Waals surface area (Å²) in [5.41, 5.74) is 2.59. The lowest BCUT2D eigenvalue weighted by Gasteiger charge is -2.43. The average molecular weight is 349 g/mol. The van der Waals surface area contributed by atoms with Crippen molar-refractivity contribution in [3.05, 3.63) is 59.8 Å². The number of nitriles is 1. The Labute approximate surface area is 151 Å². The first-order valence-electron chi connectivity index (χ1n) is 9.07. The van der Waals surface area contributed by atoms with E-state index in [-0.39, 0.29) is 7.92 Å². The van der Waals surface area contributed by atoms with Gasteiger partial charge in [-0.25, -0.2) is 4.98 Å². The molecule has 25 heavy (non-hydrogen) atoms. The van der Waals surface area contributed by atoms with Crippen LogP contribution in [0.15, 0.2) is 48.7 Å². The van der Waals surface area contributed by atoms with Gasteiger partial charge in [0.1, 0.15) is 5.82 Å². The van der Waals surface area contributed by atoms with Crippen LogP contribution in [0.4, 0.5) is 5.82 Å². The summed E-state index contributed by atoms with van der Waals surface area (Å²) in [5.74, 6) is 0.990. The molecule has 1 aromatic heterocycles. The molecule has 3 heterocycles. The molecule has 2 aliphatic heterocycles. The van der Waals surface area contributed by atoms with E-state index in [1.54, 1.807) is 12.3 Å².